The van der Waals surface area contributed by atoms with Crippen LogP contribution in [0.5, 0.6) is 0 Å². The van der Waals surface area contributed by atoms with Crippen molar-refractivity contribution < 1.29 is 8.90 Å². The van der Waals surface area contributed by atoms with Gasteiger partial charge in [-0.2, -0.15) is 0 Å². The van der Waals surface area contributed by atoms with Gasteiger partial charge in [0, 0.05) is 28.0 Å². The minimum atomic E-state index is -0.0348. The van der Waals surface area contributed by atoms with Crippen LogP contribution in [0.25, 0.3) is 33.7 Å². The molecule has 0 bridgehead atoms. The normalized spacial score (nSPS) is 13.7. The molecule has 222 valence electrons. The average Bonchev–Trinajstić information content (AvgIpc) is 3.38. The minimum absolute atomic E-state index is 0.00747. The van der Waals surface area contributed by atoms with Crippen molar-refractivity contribution in [1.82, 2.24) is 0 Å². The van der Waals surface area contributed by atoms with Crippen LogP contribution in [0.2, 0.25) is 0 Å². The van der Waals surface area contributed by atoms with Crippen LogP contribution < -0.4 is 20.3 Å². The largest absolute Gasteiger partial charge is 0.567 e. The first-order chi connectivity index (χ1) is 21.4. The number of aromatic nitrogens is 1. The van der Waals surface area contributed by atoms with E-state index in [9.17, 15) is 0 Å². The number of rotatable bonds is 2. The Labute approximate surface area is 267 Å². The lowest BCUT2D eigenvalue weighted by Gasteiger charge is -2.37. The number of anilines is 3. The van der Waals surface area contributed by atoms with Crippen molar-refractivity contribution in [3.05, 3.63) is 119 Å². The molecule has 0 amide bonds. The Hall–Kier alpha value is -4.57. The maximum Gasteiger partial charge on any atom is 0.567 e. The molecule has 0 spiro atoms. The molecule has 0 N–H and O–H groups in total. The van der Waals surface area contributed by atoms with Gasteiger partial charge in [0.1, 0.15) is 0 Å². The Morgan fingerprint density at radius 2 is 1.36 bits per heavy atom. The molecule has 2 aliphatic rings. The number of hydrogen-bond acceptors (Lipinski definition) is 2. The summed E-state index contributed by atoms with van der Waals surface area (Å²) in [5.74, 6) is 0.909. The van der Waals surface area contributed by atoms with Gasteiger partial charge in [-0.15, -0.1) is 0 Å². The smallest absolute Gasteiger partial charge is 0.399 e. The Morgan fingerprint density at radius 1 is 0.644 bits per heavy atom. The standard InChI is InChI=1S/C41H40BN2O/c1-25-21-32-31-17-12-18-36-38(31)44(39(45-36)30-16-10-9-13-26(30)2)42-33-20-19-28(41(6,7)8)24-34(33)43(35(22-25)37(32)42)29-15-11-14-27(23-29)40(3,4)5/h9-24H,1-8H3/q+1. The van der Waals surface area contributed by atoms with Crippen molar-refractivity contribution >= 4 is 45.9 Å². The lowest BCUT2D eigenvalue weighted by atomic mass is 9.44. The number of aryl methyl sites for hydroxylation is 2. The summed E-state index contributed by atoms with van der Waals surface area (Å²) < 4.78 is 9.34. The molecule has 3 nitrogen and oxygen atoms in total. The van der Waals surface area contributed by atoms with E-state index < -0.39 is 0 Å². The van der Waals surface area contributed by atoms with Crippen LogP contribution >= 0.6 is 0 Å². The molecule has 8 rings (SSSR count). The summed E-state index contributed by atoms with van der Waals surface area (Å²) in [5.41, 5.74) is 17.2. The molecule has 5 aromatic carbocycles. The Kier molecular flexibility index (Phi) is 5.88. The topological polar surface area (TPSA) is 20.3 Å². The van der Waals surface area contributed by atoms with Crippen molar-refractivity contribution in [3.8, 4) is 22.6 Å². The molecule has 0 radical (unpaired) electrons. The maximum atomic E-state index is 6.84. The number of fused-ring (bicyclic) bond motifs is 4. The lowest BCUT2D eigenvalue weighted by molar-refractivity contribution is -0.495. The lowest BCUT2D eigenvalue weighted by Crippen LogP contribution is -2.70. The Balaban J connectivity index is 1.52. The van der Waals surface area contributed by atoms with Crippen LogP contribution in [0.4, 0.5) is 17.1 Å². The molecule has 45 heavy (non-hydrogen) atoms. The third kappa shape index (κ3) is 4.15. The van der Waals surface area contributed by atoms with E-state index in [1.165, 1.54) is 66.9 Å². The second kappa shape index (κ2) is 9.47. The molecule has 0 unspecified atom stereocenters. The molecule has 6 aromatic rings. The highest BCUT2D eigenvalue weighted by Gasteiger charge is 2.53. The van der Waals surface area contributed by atoms with Crippen LogP contribution in [0.15, 0.2) is 101 Å². The van der Waals surface area contributed by atoms with Gasteiger partial charge in [-0.1, -0.05) is 96.1 Å². The highest BCUT2D eigenvalue weighted by molar-refractivity contribution is 6.83. The van der Waals surface area contributed by atoms with Crippen LogP contribution in [0.3, 0.4) is 0 Å². The molecule has 4 heteroatoms. The fourth-order valence-electron chi connectivity index (χ4n) is 7.42. The average molecular weight is 588 g/mol. The molecule has 2 aliphatic heterocycles. The second-order valence-corrected chi connectivity index (χ2v) is 15.1. The van der Waals surface area contributed by atoms with Gasteiger partial charge in [0.15, 0.2) is 0 Å². The summed E-state index contributed by atoms with van der Waals surface area (Å²) in [6, 6.07) is 36.2. The zero-order valence-corrected chi connectivity index (χ0v) is 27.6. The van der Waals surface area contributed by atoms with Crippen LogP contribution in [-0.2, 0) is 10.8 Å². The number of oxazole rings is 1. The molecule has 0 aliphatic carbocycles. The zero-order chi connectivity index (χ0) is 31.4. The Morgan fingerprint density at radius 3 is 2.11 bits per heavy atom. The van der Waals surface area contributed by atoms with Gasteiger partial charge in [0.2, 0.25) is 11.1 Å². The van der Waals surface area contributed by atoms with Gasteiger partial charge in [0.05, 0.1) is 11.1 Å². The third-order valence-corrected chi connectivity index (χ3v) is 9.81. The predicted molar refractivity (Wildman–Crippen MR) is 189 cm³/mol. The SMILES string of the molecule is Cc1cc2c3c(c1)N(c1cccc(C(C)(C)C)c1)c1cc(C(C)(C)C)ccc1B3[n+]1c(-c3ccccc3C)oc3cccc-2c31. The molecular weight excluding hydrogens is 547 g/mol. The van der Waals surface area contributed by atoms with Crippen molar-refractivity contribution in [2.75, 3.05) is 4.90 Å². The second-order valence-electron chi connectivity index (χ2n) is 15.1. The van der Waals surface area contributed by atoms with Gasteiger partial charge >= 0.3 is 12.7 Å². The quantitative estimate of drug-likeness (QED) is 0.188. The van der Waals surface area contributed by atoms with E-state index in [0.717, 1.165) is 17.0 Å². The molecule has 1 aromatic heterocycles. The summed E-state index contributed by atoms with van der Waals surface area (Å²) in [4.78, 5) is 2.53. The van der Waals surface area contributed by atoms with E-state index in [1.807, 2.05) is 0 Å². The van der Waals surface area contributed by atoms with Crippen LogP contribution in [-0.4, -0.2) is 6.85 Å². The molecule has 0 atom stereocenters. The fourth-order valence-corrected chi connectivity index (χ4v) is 7.42. The first-order valence-corrected chi connectivity index (χ1v) is 16.1. The van der Waals surface area contributed by atoms with Crippen molar-refractivity contribution in [1.29, 1.82) is 0 Å². The van der Waals surface area contributed by atoms with Gasteiger partial charge in [-0.05, 0) is 95.0 Å². The minimum Gasteiger partial charge on any atom is -0.399 e. The van der Waals surface area contributed by atoms with Crippen LogP contribution in [0.1, 0.15) is 63.8 Å². The van der Waals surface area contributed by atoms with Crippen LogP contribution in [0, 0.1) is 13.8 Å². The predicted octanol–water partition coefficient (Wildman–Crippen LogP) is 9.02. The van der Waals surface area contributed by atoms with Gasteiger partial charge < -0.3 is 9.32 Å². The van der Waals surface area contributed by atoms with E-state index in [-0.39, 0.29) is 17.7 Å². The molecule has 3 heterocycles. The number of hydrogen-bond donors (Lipinski definition) is 0. The fraction of sp³-hybridized carbons (Fsp3) is 0.244. The van der Waals surface area contributed by atoms with E-state index in [0.29, 0.717) is 0 Å². The summed E-state index contributed by atoms with van der Waals surface area (Å²) in [6.07, 6.45) is 0. The zero-order valence-electron chi connectivity index (χ0n) is 27.6. The van der Waals surface area contributed by atoms with E-state index >= 15 is 0 Å². The third-order valence-electron chi connectivity index (χ3n) is 9.81. The van der Waals surface area contributed by atoms with Gasteiger partial charge in [0.25, 0.3) is 0 Å². The summed E-state index contributed by atoms with van der Waals surface area (Å²) in [5, 5.41) is 0. The monoisotopic (exact) mass is 587 g/mol. The van der Waals surface area contributed by atoms with Crippen molar-refractivity contribution in [2.45, 2.75) is 66.2 Å². The summed E-state index contributed by atoms with van der Waals surface area (Å²) in [7, 11) is 0. The summed E-state index contributed by atoms with van der Waals surface area (Å²) >= 11 is 0. The molecule has 0 saturated heterocycles. The number of nitrogens with zero attached hydrogens (tertiary/aromatic N) is 2. The first kappa shape index (κ1) is 27.9. The molecule has 0 fully saturated rings. The highest BCUT2D eigenvalue weighted by Crippen LogP contribution is 2.44. The molecular formula is C41H40BN2O+. The van der Waals surface area contributed by atoms with Gasteiger partial charge in [-0.25, -0.2) is 4.48 Å². The van der Waals surface area contributed by atoms with E-state index in [4.69, 9.17) is 4.42 Å². The number of benzene rings is 5. The number of para-hydroxylation sites is 1. The van der Waals surface area contributed by atoms with Crippen molar-refractivity contribution in [2.24, 2.45) is 0 Å². The summed E-state index contributed by atoms with van der Waals surface area (Å²) in [6.45, 7) is 18.2. The molecule has 0 saturated carbocycles. The maximum absolute atomic E-state index is 6.84. The van der Waals surface area contributed by atoms with Crippen molar-refractivity contribution in [3.63, 3.8) is 0 Å². The van der Waals surface area contributed by atoms with E-state index in [1.54, 1.807) is 0 Å². The Bertz CT molecular complexity index is 2180. The first-order valence-electron chi connectivity index (χ1n) is 16.1. The highest BCUT2D eigenvalue weighted by atomic mass is 16.4. The van der Waals surface area contributed by atoms with E-state index in [2.05, 4.69) is 162 Å². The van der Waals surface area contributed by atoms with Gasteiger partial charge in [-0.3, -0.25) is 0 Å².